The largest absolute Gasteiger partial charge is 0.586 e. The van der Waals surface area contributed by atoms with Crippen molar-refractivity contribution in [1.82, 2.24) is 5.32 Å². The van der Waals surface area contributed by atoms with E-state index in [0.717, 1.165) is 24.2 Å². The molecule has 2 aliphatic heterocycles. The highest BCUT2D eigenvalue weighted by Gasteiger charge is 2.53. The van der Waals surface area contributed by atoms with Crippen LogP contribution in [0, 0.1) is 5.92 Å². The van der Waals surface area contributed by atoms with Crippen LogP contribution in [-0.4, -0.2) is 25.4 Å². The van der Waals surface area contributed by atoms with E-state index in [4.69, 9.17) is 9.47 Å². The van der Waals surface area contributed by atoms with Gasteiger partial charge in [0.2, 0.25) is 5.91 Å². The minimum Gasteiger partial charge on any atom is -0.497 e. The van der Waals surface area contributed by atoms with Crippen LogP contribution in [0.3, 0.4) is 0 Å². The number of ether oxygens (including phenoxy) is 4. The van der Waals surface area contributed by atoms with E-state index in [1.54, 1.807) is 13.2 Å². The summed E-state index contributed by atoms with van der Waals surface area (Å²) in [6, 6.07) is 10.1. The molecular weight excluding hydrogens is 420 g/mol. The van der Waals surface area contributed by atoms with Crippen LogP contribution in [0.4, 0.5) is 8.78 Å². The SMILES string of the molecule is COc1ccc2c(c1)O[C@@H](C1CC1)C[C@@H]2NC(=O)C1(c2ccc3c(c2)OC(F)(F)O3)CC1. The summed E-state index contributed by atoms with van der Waals surface area (Å²) in [5.74, 6) is 1.80. The van der Waals surface area contributed by atoms with Gasteiger partial charge in [-0.15, -0.1) is 8.78 Å². The van der Waals surface area contributed by atoms with Crippen molar-refractivity contribution in [3.05, 3.63) is 47.5 Å². The Kier molecular flexibility index (Phi) is 4.13. The molecule has 0 aromatic heterocycles. The molecule has 8 heteroatoms. The van der Waals surface area contributed by atoms with Crippen LogP contribution in [0.25, 0.3) is 0 Å². The molecule has 2 aromatic rings. The molecule has 2 heterocycles. The summed E-state index contributed by atoms with van der Waals surface area (Å²) in [7, 11) is 1.61. The Bertz CT molecular complexity index is 1100. The summed E-state index contributed by atoms with van der Waals surface area (Å²) < 4.78 is 47.5. The molecule has 1 N–H and O–H groups in total. The van der Waals surface area contributed by atoms with E-state index in [0.29, 0.717) is 36.5 Å². The van der Waals surface area contributed by atoms with Crippen molar-refractivity contribution in [1.29, 1.82) is 0 Å². The van der Waals surface area contributed by atoms with E-state index in [-0.39, 0.29) is 29.6 Å². The molecule has 0 saturated heterocycles. The molecule has 6 nitrogen and oxygen atoms in total. The fourth-order valence-corrected chi connectivity index (χ4v) is 4.81. The van der Waals surface area contributed by atoms with Gasteiger partial charge in [-0.05, 0) is 61.4 Å². The summed E-state index contributed by atoms with van der Waals surface area (Å²) in [4.78, 5) is 13.5. The monoisotopic (exact) mass is 443 g/mol. The first-order chi connectivity index (χ1) is 15.4. The van der Waals surface area contributed by atoms with Crippen LogP contribution in [0.1, 0.15) is 49.3 Å². The molecular formula is C24H23F2NO5. The Balaban J connectivity index is 1.26. The van der Waals surface area contributed by atoms with Crippen LogP contribution < -0.4 is 24.3 Å². The van der Waals surface area contributed by atoms with Crippen molar-refractivity contribution in [3.63, 3.8) is 0 Å². The number of amides is 1. The minimum absolute atomic E-state index is 0.0189. The summed E-state index contributed by atoms with van der Waals surface area (Å²) in [6.07, 6.45) is 0.665. The summed E-state index contributed by atoms with van der Waals surface area (Å²) in [6.45, 7) is 0. The average Bonchev–Trinajstić information content (AvgIpc) is 3.67. The number of hydrogen-bond donors (Lipinski definition) is 1. The van der Waals surface area contributed by atoms with Crippen LogP contribution in [0.5, 0.6) is 23.0 Å². The first kappa shape index (κ1) is 19.6. The van der Waals surface area contributed by atoms with Gasteiger partial charge in [-0.25, -0.2) is 0 Å². The maximum atomic E-state index is 13.5. The standard InChI is InChI=1S/C24H23F2NO5/c1-29-15-5-6-16-17(12-19(13-2-3-13)30-20(16)11-15)27-22(28)23(8-9-23)14-4-7-18-21(10-14)32-24(25,26)31-18/h4-7,10-11,13,17,19H,2-3,8-9,12H2,1H3,(H,27,28)/t17-,19+/m0/s1. The van der Waals surface area contributed by atoms with Gasteiger partial charge in [-0.1, -0.05) is 6.07 Å². The smallest absolute Gasteiger partial charge is 0.497 e. The second-order valence-electron chi connectivity index (χ2n) is 9.07. The van der Waals surface area contributed by atoms with E-state index in [2.05, 4.69) is 14.8 Å². The number of carbonyl (C=O) groups excluding carboxylic acids is 1. The highest BCUT2D eigenvalue weighted by Crippen LogP contribution is 2.53. The zero-order valence-electron chi connectivity index (χ0n) is 17.5. The second kappa shape index (κ2) is 6.73. The maximum Gasteiger partial charge on any atom is 0.586 e. The van der Waals surface area contributed by atoms with E-state index >= 15 is 0 Å². The molecule has 4 aliphatic rings. The minimum atomic E-state index is -3.68. The number of carbonyl (C=O) groups is 1. The Morgan fingerprint density at radius 3 is 2.56 bits per heavy atom. The van der Waals surface area contributed by atoms with Crippen LogP contribution in [-0.2, 0) is 10.2 Å². The fourth-order valence-electron chi connectivity index (χ4n) is 4.81. The third-order valence-corrected chi connectivity index (χ3v) is 6.93. The molecule has 2 aliphatic carbocycles. The summed E-state index contributed by atoms with van der Waals surface area (Å²) in [5.41, 5.74) is 0.851. The lowest BCUT2D eigenvalue weighted by molar-refractivity contribution is -0.286. The molecule has 2 aromatic carbocycles. The highest BCUT2D eigenvalue weighted by atomic mass is 19.3. The number of nitrogens with one attached hydrogen (secondary N) is 1. The quantitative estimate of drug-likeness (QED) is 0.739. The molecule has 2 atom stereocenters. The van der Waals surface area contributed by atoms with Crippen molar-refractivity contribution in [2.45, 2.75) is 56.0 Å². The van der Waals surface area contributed by atoms with Gasteiger partial charge in [-0.2, -0.15) is 0 Å². The van der Waals surface area contributed by atoms with Gasteiger partial charge in [-0.3, -0.25) is 4.79 Å². The van der Waals surface area contributed by atoms with Crippen molar-refractivity contribution in [2.24, 2.45) is 5.92 Å². The number of methoxy groups -OCH3 is 1. The molecule has 2 fully saturated rings. The van der Waals surface area contributed by atoms with E-state index in [1.807, 2.05) is 18.2 Å². The van der Waals surface area contributed by atoms with Gasteiger partial charge in [0.1, 0.15) is 17.6 Å². The third-order valence-electron chi connectivity index (χ3n) is 6.93. The molecule has 0 spiro atoms. The lowest BCUT2D eigenvalue weighted by Crippen LogP contribution is -2.41. The van der Waals surface area contributed by atoms with Crippen LogP contribution >= 0.6 is 0 Å². The van der Waals surface area contributed by atoms with E-state index < -0.39 is 11.7 Å². The molecule has 0 radical (unpaired) electrons. The van der Waals surface area contributed by atoms with E-state index in [1.165, 1.54) is 12.1 Å². The Labute approximate surface area is 183 Å². The van der Waals surface area contributed by atoms with Gasteiger partial charge in [0.05, 0.1) is 18.6 Å². The van der Waals surface area contributed by atoms with Gasteiger partial charge < -0.3 is 24.3 Å². The van der Waals surface area contributed by atoms with Gasteiger partial charge in [0.25, 0.3) is 0 Å². The molecule has 32 heavy (non-hydrogen) atoms. The zero-order chi connectivity index (χ0) is 22.1. The molecule has 1 amide bonds. The normalized spacial score (nSPS) is 26.0. The fraction of sp³-hybridized carbons (Fsp3) is 0.458. The number of alkyl halides is 2. The number of benzene rings is 2. The second-order valence-corrected chi connectivity index (χ2v) is 9.07. The average molecular weight is 443 g/mol. The van der Waals surface area contributed by atoms with Crippen molar-refractivity contribution < 1.29 is 32.5 Å². The summed E-state index contributed by atoms with van der Waals surface area (Å²) >= 11 is 0. The van der Waals surface area contributed by atoms with Crippen LogP contribution in [0.15, 0.2) is 36.4 Å². The number of hydrogen-bond acceptors (Lipinski definition) is 5. The first-order valence-electron chi connectivity index (χ1n) is 10.9. The van der Waals surface area contributed by atoms with Gasteiger partial charge in [0, 0.05) is 18.1 Å². The predicted molar refractivity (Wildman–Crippen MR) is 109 cm³/mol. The molecule has 6 rings (SSSR count). The predicted octanol–water partition coefficient (Wildman–Crippen LogP) is 4.47. The van der Waals surface area contributed by atoms with Crippen molar-refractivity contribution >= 4 is 5.91 Å². The molecule has 0 unspecified atom stereocenters. The lowest BCUT2D eigenvalue weighted by atomic mass is 9.91. The number of fused-ring (bicyclic) bond motifs is 2. The number of rotatable bonds is 5. The van der Waals surface area contributed by atoms with Crippen molar-refractivity contribution in [3.8, 4) is 23.0 Å². The molecule has 2 saturated carbocycles. The molecule has 0 bridgehead atoms. The van der Waals surface area contributed by atoms with E-state index in [9.17, 15) is 13.6 Å². The lowest BCUT2D eigenvalue weighted by Gasteiger charge is -2.34. The Morgan fingerprint density at radius 2 is 1.84 bits per heavy atom. The Hall–Kier alpha value is -3.03. The Morgan fingerprint density at radius 1 is 1.06 bits per heavy atom. The van der Waals surface area contributed by atoms with Crippen LogP contribution in [0.2, 0.25) is 0 Å². The topological polar surface area (TPSA) is 66.0 Å². The maximum absolute atomic E-state index is 13.5. The number of halogens is 2. The highest BCUT2D eigenvalue weighted by molar-refractivity contribution is 5.92. The van der Waals surface area contributed by atoms with Crippen molar-refractivity contribution in [2.75, 3.05) is 7.11 Å². The summed E-state index contributed by atoms with van der Waals surface area (Å²) in [5, 5.41) is 3.23. The third kappa shape index (κ3) is 3.24. The van der Waals surface area contributed by atoms with Gasteiger partial charge >= 0.3 is 6.29 Å². The van der Waals surface area contributed by atoms with Gasteiger partial charge in [0.15, 0.2) is 11.5 Å². The zero-order valence-corrected chi connectivity index (χ0v) is 17.5. The molecule has 168 valence electrons. The first-order valence-corrected chi connectivity index (χ1v) is 10.9.